The third-order valence-electron chi connectivity index (χ3n) is 2.90. The van der Waals surface area contributed by atoms with Crippen LogP contribution in [0.2, 0.25) is 0 Å². The third-order valence-corrected chi connectivity index (χ3v) is 2.90. The summed E-state index contributed by atoms with van der Waals surface area (Å²) < 4.78 is 16.6. The summed E-state index contributed by atoms with van der Waals surface area (Å²) >= 11 is 0. The van der Waals surface area contributed by atoms with Crippen LogP contribution in [0, 0.1) is 0 Å². The minimum absolute atomic E-state index is 0.0566. The maximum Gasteiger partial charge on any atom is 0.142 e. The van der Waals surface area contributed by atoms with Crippen molar-refractivity contribution >= 4 is 5.69 Å². The van der Waals surface area contributed by atoms with Crippen molar-refractivity contribution in [3.63, 3.8) is 0 Å². The highest BCUT2D eigenvalue weighted by Crippen LogP contribution is 2.32. The zero-order valence-corrected chi connectivity index (χ0v) is 12.2. The van der Waals surface area contributed by atoms with Crippen LogP contribution in [-0.2, 0) is 0 Å². The maximum absolute atomic E-state index is 5.64. The van der Waals surface area contributed by atoms with Crippen LogP contribution in [0.1, 0.15) is 32.6 Å². The van der Waals surface area contributed by atoms with Gasteiger partial charge in [0.1, 0.15) is 17.3 Å². The minimum Gasteiger partial charge on any atom is -0.494 e. The fourth-order valence-electron chi connectivity index (χ4n) is 2.00. The molecule has 0 aliphatic carbocycles. The number of hydrogen-bond donors (Lipinski definition) is 1. The van der Waals surface area contributed by atoms with Crippen LogP contribution < -0.4 is 14.8 Å². The average molecular weight is 275 g/mol. The Morgan fingerprint density at radius 2 is 1.95 bits per heavy atom. The molecule has 0 radical (unpaired) electrons. The fraction of sp³-hybridized carbons (Fsp3) is 0.375. The summed E-state index contributed by atoms with van der Waals surface area (Å²) in [4.78, 5) is 0. The van der Waals surface area contributed by atoms with Crippen molar-refractivity contribution in [2.75, 3.05) is 18.5 Å². The van der Waals surface area contributed by atoms with Gasteiger partial charge in [-0.2, -0.15) is 0 Å². The molecule has 1 aromatic carbocycles. The molecule has 4 heteroatoms. The molecule has 20 heavy (non-hydrogen) atoms. The van der Waals surface area contributed by atoms with Crippen LogP contribution in [0.25, 0.3) is 0 Å². The van der Waals surface area contributed by atoms with E-state index in [0.717, 1.165) is 22.9 Å². The topological polar surface area (TPSA) is 43.6 Å². The van der Waals surface area contributed by atoms with Gasteiger partial charge in [0, 0.05) is 6.07 Å². The summed E-state index contributed by atoms with van der Waals surface area (Å²) in [6, 6.07) is 9.68. The lowest BCUT2D eigenvalue weighted by Crippen LogP contribution is -2.08. The molecule has 0 saturated heterocycles. The van der Waals surface area contributed by atoms with E-state index in [1.165, 1.54) is 0 Å². The normalized spacial score (nSPS) is 11.9. The van der Waals surface area contributed by atoms with E-state index in [4.69, 9.17) is 13.9 Å². The summed E-state index contributed by atoms with van der Waals surface area (Å²) in [6.07, 6.45) is 1.67. The first-order chi connectivity index (χ1) is 9.74. The largest absolute Gasteiger partial charge is 0.494 e. The van der Waals surface area contributed by atoms with E-state index in [1.807, 2.05) is 51.1 Å². The summed E-state index contributed by atoms with van der Waals surface area (Å²) in [5, 5.41) is 3.40. The molecule has 2 aromatic rings. The standard InChI is InChI=1S/C16H21NO3/c1-4-18-13-8-9-16(19-5-2)14(11-13)17-12(3)15-7-6-10-20-15/h6-12,17H,4-5H2,1-3H3. The molecule has 1 aromatic heterocycles. The first-order valence-corrected chi connectivity index (χ1v) is 6.94. The highest BCUT2D eigenvalue weighted by Gasteiger charge is 2.12. The van der Waals surface area contributed by atoms with Gasteiger partial charge in [-0.05, 0) is 45.0 Å². The molecule has 108 valence electrons. The lowest BCUT2D eigenvalue weighted by molar-refractivity contribution is 0.331. The number of ether oxygens (including phenoxy) is 2. The molecule has 0 bridgehead atoms. The zero-order chi connectivity index (χ0) is 14.4. The Hall–Kier alpha value is -2.10. The van der Waals surface area contributed by atoms with E-state index in [1.54, 1.807) is 6.26 Å². The number of anilines is 1. The van der Waals surface area contributed by atoms with E-state index in [0.29, 0.717) is 13.2 Å². The predicted molar refractivity (Wildman–Crippen MR) is 79.5 cm³/mol. The number of hydrogen-bond acceptors (Lipinski definition) is 4. The molecule has 0 aliphatic rings. The monoisotopic (exact) mass is 275 g/mol. The van der Waals surface area contributed by atoms with Gasteiger partial charge in [0.2, 0.25) is 0 Å². The molecule has 2 rings (SSSR count). The lowest BCUT2D eigenvalue weighted by atomic mass is 10.2. The minimum atomic E-state index is 0.0566. The summed E-state index contributed by atoms with van der Waals surface area (Å²) in [7, 11) is 0. The number of furan rings is 1. The van der Waals surface area contributed by atoms with Crippen molar-refractivity contribution in [1.82, 2.24) is 0 Å². The second-order valence-corrected chi connectivity index (χ2v) is 4.41. The molecule has 0 spiro atoms. The van der Waals surface area contributed by atoms with E-state index in [-0.39, 0.29) is 6.04 Å². The van der Waals surface area contributed by atoms with Crippen LogP contribution in [-0.4, -0.2) is 13.2 Å². The highest BCUT2D eigenvalue weighted by atomic mass is 16.5. The van der Waals surface area contributed by atoms with Crippen LogP contribution >= 0.6 is 0 Å². The molecule has 0 saturated carbocycles. The van der Waals surface area contributed by atoms with Crippen molar-refractivity contribution in [3.05, 3.63) is 42.4 Å². The predicted octanol–water partition coefficient (Wildman–Crippen LogP) is 4.25. The van der Waals surface area contributed by atoms with Crippen molar-refractivity contribution in [1.29, 1.82) is 0 Å². The molecule has 0 aliphatic heterocycles. The van der Waals surface area contributed by atoms with Crippen molar-refractivity contribution in [2.45, 2.75) is 26.8 Å². The van der Waals surface area contributed by atoms with Crippen LogP contribution in [0.3, 0.4) is 0 Å². The number of benzene rings is 1. The Kier molecular flexibility index (Phi) is 4.93. The average Bonchev–Trinajstić information content (AvgIpc) is 2.96. The Morgan fingerprint density at radius 3 is 2.60 bits per heavy atom. The van der Waals surface area contributed by atoms with Crippen molar-refractivity contribution in [3.8, 4) is 11.5 Å². The molecule has 0 amide bonds. The van der Waals surface area contributed by atoms with Gasteiger partial charge in [-0.3, -0.25) is 0 Å². The van der Waals surface area contributed by atoms with Crippen LogP contribution in [0.4, 0.5) is 5.69 Å². The lowest BCUT2D eigenvalue weighted by Gasteiger charge is -2.17. The van der Waals surface area contributed by atoms with Gasteiger partial charge in [0.25, 0.3) is 0 Å². The summed E-state index contributed by atoms with van der Waals surface area (Å²) in [5.74, 6) is 2.52. The van der Waals surface area contributed by atoms with E-state index >= 15 is 0 Å². The Morgan fingerprint density at radius 1 is 1.15 bits per heavy atom. The van der Waals surface area contributed by atoms with E-state index < -0.39 is 0 Å². The number of nitrogens with one attached hydrogen (secondary N) is 1. The third kappa shape index (κ3) is 3.47. The van der Waals surface area contributed by atoms with Gasteiger partial charge in [0.05, 0.1) is 31.2 Å². The fourth-order valence-corrected chi connectivity index (χ4v) is 2.00. The van der Waals surface area contributed by atoms with Gasteiger partial charge in [-0.1, -0.05) is 0 Å². The van der Waals surface area contributed by atoms with Gasteiger partial charge < -0.3 is 19.2 Å². The SMILES string of the molecule is CCOc1ccc(OCC)c(NC(C)c2ccco2)c1. The van der Waals surface area contributed by atoms with Crippen molar-refractivity contribution < 1.29 is 13.9 Å². The Bertz CT molecular complexity index is 523. The van der Waals surface area contributed by atoms with Gasteiger partial charge >= 0.3 is 0 Å². The van der Waals surface area contributed by atoms with E-state index in [9.17, 15) is 0 Å². The van der Waals surface area contributed by atoms with Gasteiger partial charge in [0.15, 0.2) is 0 Å². The van der Waals surface area contributed by atoms with Crippen LogP contribution in [0.5, 0.6) is 11.5 Å². The molecular formula is C16H21NO3. The zero-order valence-electron chi connectivity index (χ0n) is 12.2. The molecule has 1 N–H and O–H groups in total. The summed E-state index contributed by atoms with van der Waals surface area (Å²) in [6.45, 7) is 7.24. The van der Waals surface area contributed by atoms with E-state index in [2.05, 4.69) is 5.32 Å². The second-order valence-electron chi connectivity index (χ2n) is 4.41. The quantitative estimate of drug-likeness (QED) is 0.820. The molecule has 0 fully saturated rings. The molecule has 1 unspecified atom stereocenters. The van der Waals surface area contributed by atoms with Gasteiger partial charge in [-0.15, -0.1) is 0 Å². The first-order valence-electron chi connectivity index (χ1n) is 6.94. The van der Waals surface area contributed by atoms with Crippen molar-refractivity contribution in [2.24, 2.45) is 0 Å². The highest BCUT2D eigenvalue weighted by molar-refractivity contribution is 5.60. The Labute approximate surface area is 119 Å². The number of rotatable bonds is 7. The van der Waals surface area contributed by atoms with Gasteiger partial charge in [-0.25, -0.2) is 0 Å². The smallest absolute Gasteiger partial charge is 0.142 e. The second kappa shape index (κ2) is 6.89. The Balaban J connectivity index is 2.20. The first kappa shape index (κ1) is 14.3. The molecule has 1 heterocycles. The molecule has 4 nitrogen and oxygen atoms in total. The van der Waals surface area contributed by atoms with Crippen LogP contribution in [0.15, 0.2) is 41.0 Å². The summed E-state index contributed by atoms with van der Waals surface area (Å²) in [5.41, 5.74) is 0.904. The molecular weight excluding hydrogens is 254 g/mol. The maximum atomic E-state index is 5.64. The molecule has 1 atom stereocenters.